The van der Waals surface area contributed by atoms with Crippen molar-refractivity contribution in [1.29, 1.82) is 0 Å². The Labute approximate surface area is 151 Å². The van der Waals surface area contributed by atoms with Gasteiger partial charge in [-0.25, -0.2) is 0 Å². The van der Waals surface area contributed by atoms with E-state index >= 15 is 0 Å². The van der Waals surface area contributed by atoms with Gasteiger partial charge < -0.3 is 10.0 Å². The van der Waals surface area contributed by atoms with Gasteiger partial charge in [0.05, 0.1) is 6.04 Å². The van der Waals surface area contributed by atoms with E-state index in [4.69, 9.17) is 23.2 Å². The molecule has 0 radical (unpaired) electrons. The maximum absolute atomic E-state index is 12.4. The average Bonchev–Trinajstić information content (AvgIpc) is 2.53. The SMILES string of the molecule is Cc1cc(O)c(C(C)C)cc1N1C(=O)C(Cl)C1c1ccc(Cl)cc1. The Morgan fingerprint density at radius 3 is 2.38 bits per heavy atom. The summed E-state index contributed by atoms with van der Waals surface area (Å²) < 4.78 is 0. The Morgan fingerprint density at radius 1 is 1.17 bits per heavy atom. The zero-order valence-electron chi connectivity index (χ0n) is 13.8. The van der Waals surface area contributed by atoms with Crippen LogP contribution in [-0.2, 0) is 4.79 Å². The van der Waals surface area contributed by atoms with Crippen molar-refractivity contribution >= 4 is 34.8 Å². The van der Waals surface area contributed by atoms with Gasteiger partial charge in [-0.3, -0.25) is 4.79 Å². The molecule has 1 saturated heterocycles. The summed E-state index contributed by atoms with van der Waals surface area (Å²) in [7, 11) is 0. The number of hydrogen-bond acceptors (Lipinski definition) is 2. The van der Waals surface area contributed by atoms with Crippen LogP contribution in [0.25, 0.3) is 0 Å². The molecule has 2 atom stereocenters. The zero-order chi connectivity index (χ0) is 17.6. The highest BCUT2D eigenvalue weighted by molar-refractivity contribution is 6.37. The molecule has 0 spiro atoms. The highest BCUT2D eigenvalue weighted by atomic mass is 35.5. The Balaban J connectivity index is 2.05. The Hall–Kier alpha value is -1.71. The van der Waals surface area contributed by atoms with Crippen LogP contribution < -0.4 is 4.90 Å². The van der Waals surface area contributed by atoms with E-state index in [2.05, 4.69) is 0 Å². The molecule has 1 heterocycles. The number of phenolic OH excluding ortho intramolecular Hbond substituents is 1. The molecule has 2 aromatic rings. The van der Waals surface area contributed by atoms with Crippen LogP contribution in [0.2, 0.25) is 5.02 Å². The van der Waals surface area contributed by atoms with Gasteiger partial charge in [0, 0.05) is 10.7 Å². The lowest BCUT2D eigenvalue weighted by Gasteiger charge is -2.45. The van der Waals surface area contributed by atoms with Crippen molar-refractivity contribution < 1.29 is 9.90 Å². The second-order valence-corrected chi connectivity index (χ2v) is 7.37. The van der Waals surface area contributed by atoms with Crippen molar-refractivity contribution in [1.82, 2.24) is 0 Å². The molecule has 126 valence electrons. The molecular weight excluding hydrogens is 345 g/mol. The van der Waals surface area contributed by atoms with E-state index in [-0.39, 0.29) is 23.6 Å². The molecule has 1 amide bonds. The fourth-order valence-electron chi connectivity index (χ4n) is 3.12. The van der Waals surface area contributed by atoms with E-state index in [1.54, 1.807) is 23.1 Å². The average molecular weight is 364 g/mol. The second-order valence-electron chi connectivity index (χ2n) is 6.46. The molecule has 0 bridgehead atoms. The summed E-state index contributed by atoms with van der Waals surface area (Å²) in [6.45, 7) is 5.90. The van der Waals surface area contributed by atoms with Gasteiger partial charge in [0.2, 0.25) is 5.91 Å². The maximum Gasteiger partial charge on any atom is 0.248 e. The molecule has 1 N–H and O–H groups in total. The fraction of sp³-hybridized carbons (Fsp3) is 0.316. The molecule has 2 aromatic carbocycles. The molecule has 3 rings (SSSR count). The molecule has 24 heavy (non-hydrogen) atoms. The predicted molar refractivity (Wildman–Crippen MR) is 98.3 cm³/mol. The van der Waals surface area contributed by atoms with E-state index < -0.39 is 5.38 Å². The number of alkyl halides is 1. The molecule has 2 unspecified atom stereocenters. The lowest BCUT2D eigenvalue weighted by atomic mass is 9.90. The van der Waals surface area contributed by atoms with Crippen LogP contribution in [0.4, 0.5) is 5.69 Å². The van der Waals surface area contributed by atoms with E-state index in [0.29, 0.717) is 5.02 Å². The third-order valence-corrected chi connectivity index (χ3v) is 5.14. The molecule has 3 nitrogen and oxygen atoms in total. The minimum absolute atomic E-state index is 0.125. The number of phenols is 1. The number of β-lactam (4-membered cyclic amide) rings is 1. The standard InChI is InChI=1S/C19H19Cl2NO2/c1-10(2)14-9-15(11(3)8-16(14)23)22-18(17(21)19(22)24)12-4-6-13(20)7-5-12/h4-10,17-18,23H,1-3H3. The zero-order valence-corrected chi connectivity index (χ0v) is 15.3. The van der Waals surface area contributed by atoms with Gasteiger partial charge >= 0.3 is 0 Å². The molecule has 0 aromatic heterocycles. The van der Waals surface area contributed by atoms with E-state index in [1.807, 2.05) is 39.0 Å². The monoisotopic (exact) mass is 363 g/mol. The molecule has 1 aliphatic heterocycles. The van der Waals surface area contributed by atoms with Crippen LogP contribution in [0, 0.1) is 6.92 Å². The third kappa shape index (κ3) is 2.76. The molecule has 0 aliphatic carbocycles. The number of aromatic hydroxyl groups is 1. The third-order valence-electron chi connectivity index (χ3n) is 4.47. The summed E-state index contributed by atoms with van der Waals surface area (Å²) in [6.07, 6.45) is 0. The fourth-order valence-corrected chi connectivity index (χ4v) is 3.61. The van der Waals surface area contributed by atoms with E-state index in [9.17, 15) is 9.90 Å². The Kier molecular flexibility index (Phi) is 4.50. The first-order valence-electron chi connectivity index (χ1n) is 7.87. The summed E-state index contributed by atoms with van der Waals surface area (Å²) in [6, 6.07) is 10.7. The lowest BCUT2D eigenvalue weighted by Crippen LogP contribution is -2.56. The van der Waals surface area contributed by atoms with Crippen LogP contribution >= 0.6 is 23.2 Å². The first kappa shape index (κ1) is 17.1. The smallest absolute Gasteiger partial charge is 0.248 e. The van der Waals surface area contributed by atoms with Crippen molar-refractivity contribution in [2.75, 3.05) is 4.90 Å². The molecular formula is C19H19Cl2NO2. The first-order valence-corrected chi connectivity index (χ1v) is 8.68. The van der Waals surface area contributed by atoms with Gasteiger partial charge in [0.15, 0.2) is 0 Å². The summed E-state index contributed by atoms with van der Waals surface area (Å²) >= 11 is 12.2. The highest BCUT2D eigenvalue weighted by Crippen LogP contribution is 2.45. The van der Waals surface area contributed by atoms with Crippen molar-refractivity contribution in [2.45, 2.75) is 38.1 Å². The van der Waals surface area contributed by atoms with Crippen molar-refractivity contribution in [3.8, 4) is 5.75 Å². The highest BCUT2D eigenvalue weighted by Gasteiger charge is 2.48. The number of carbonyl (C=O) groups excluding carboxylic acids is 1. The number of rotatable bonds is 3. The number of aryl methyl sites for hydroxylation is 1. The predicted octanol–water partition coefficient (Wildman–Crippen LogP) is 5.17. The van der Waals surface area contributed by atoms with Gasteiger partial charge in [0.25, 0.3) is 0 Å². The normalized spacial score (nSPS) is 20.4. The number of amides is 1. The van der Waals surface area contributed by atoms with E-state index in [0.717, 1.165) is 22.4 Å². The van der Waals surface area contributed by atoms with Crippen molar-refractivity contribution in [2.24, 2.45) is 0 Å². The van der Waals surface area contributed by atoms with Gasteiger partial charge in [-0.2, -0.15) is 0 Å². The van der Waals surface area contributed by atoms with Gasteiger partial charge in [-0.15, -0.1) is 11.6 Å². The van der Waals surface area contributed by atoms with Crippen LogP contribution in [0.5, 0.6) is 5.75 Å². The quantitative estimate of drug-likeness (QED) is 0.603. The number of carbonyl (C=O) groups is 1. The summed E-state index contributed by atoms with van der Waals surface area (Å²) in [5.74, 6) is 0.284. The maximum atomic E-state index is 12.4. The molecule has 5 heteroatoms. The number of hydrogen-bond donors (Lipinski definition) is 1. The number of halogens is 2. The van der Waals surface area contributed by atoms with E-state index in [1.165, 1.54) is 0 Å². The van der Waals surface area contributed by atoms with Crippen LogP contribution in [0.3, 0.4) is 0 Å². The van der Waals surface area contributed by atoms with Crippen molar-refractivity contribution in [3.05, 3.63) is 58.1 Å². The first-order chi connectivity index (χ1) is 11.3. The number of anilines is 1. The largest absolute Gasteiger partial charge is 0.508 e. The van der Waals surface area contributed by atoms with Crippen LogP contribution in [-0.4, -0.2) is 16.4 Å². The van der Waals surface area contributed by atoms with Gasteiger partial charge in [-0.05, 0) is 53.8 Å². The van der Waals surface area contributed by atoms with Gasteiger partial charge in [-0.1, -0.05) is 37.6 Å². The minimum atomic E-state index is -0.595. The molecule has 1 fully saturated rings. The minimum Gasteiger partial charge on any atom is -0.508 e. The van der Waals surface area contributed by atoms with Crippen LogP contribution in [0.15, 0.2) is 36.4 Å². The molecule has 0 saturated carbocycles. The number of benzene rings is 2. The Bertz CT molecular complexity index is 787. The van der Waals surface area contributed by atoms with Crippen LogP contribution in [0.1, 0.15) is 42.5 Å². The summed E-state index contributed by atoms with van der Waals surface area (Å²) in [4.78, 5) is 14.1. The van der Waals surface area contributed by atoms with Gasteiger partial charge in [0.1, 0.15) is 11.1 Å². The Morgan fingerprint density at radius 2 is 1.79 bits per heavy atom. The lowest BCUT2D eigenvalue weighted by molar-refractivity contribution is -0.123. The topological polar surface area (TPSA) is 40.5 Å². The molecule has 1 aliphatic rings. The number of nitrogens with zero attached hydrogens (tertiary/aromatic N) is 1. The second kappa shape index (κ2) is 6.30. The van der Waals surface area contributed by atoms with Crippen molar-refractivity contribution in [3.63, 3.8) is 0 Å². The summed E-state index contributed by atoms with van der Waals surface area (Å²) in [5, 5.41) is 10.2. The summed E-state index contributed by atoms with van der Waals surface area (Å²) in [5.41, 5.74) is 3.39.